The van der Waals surface area contributed by atoms with Gasteiger partial charge in [0, 0.05) is 12.3 Å². The Morgan fingerprint density at radius 1 is 1.25 bits per heavy atom. The zero-order valence-electron chi connectivity index (χ0n) is 13.6. The highest BCUT2D eigenvalue weighted by Gasteiger charge is 2.32. The third kappa shape index (κ3) is 5.34. The van der Waals surface area contributed by atoms with Crippen LogP contribution in [0.25, 0.3) is 0 Å². The molecule has 1 aliphatic rings. The molecule has 4 nitrogen and oxygen atoms in total. The van der Waals surface area contributed by atoms with E-state index in [0.717, 1.165) is 51.7 Å². The van der Waals surface area contributed by atoms with E-state index in [2.05, 4.69) is 24.1 Å². The van der Waals surface area contributed by atoms with Crippen molar-refractivity contribution >= 4 is 9.84 Å². The fourth-order valence-corrected chi connectivity index (χ4v) is 4.60. The van der Waals surface area contributed by atoms with Crippen molar-refractivity contribution in [3.05, 3.63) is 0 Å². The second-order valence-electron chi connectivity index (χ2n) is 6.09. The number of nitrogens with one attached hydrogen (secondary N) is 1. The van der Waals surface area contributed by atoms with Gasteiger partial charge in [-0.25, -0.2) is 8.42 Å². The monoisotopic (exact) mass is 304 g/mol. The van der Waals surface area contributed by atoms with Crippen molar-refractivity contribution in [2.24, 2.45) is 5.92 Å². The molecular formula is C15H32N2O2S. The van der Waals surface area contributed by atoms with E-state index in [1.54, 1.807) is 0 Å². The van der Waals surface area contributed by atoms with Crippen LogP contribution in [0.4, 0.5) is 0 Å². The van der Waals surface area contributed by atoms with Gasteiger partial charge in [-0.2, -0.15) is 0 Å². The van der Waals surface area contributed by atoms with Gasteiger partial charge in [0.15, 0.2) is 0 Å². The van der Waals surface area contributed by atoms with E-state index in [0.29, 0.717) is 12.0 Å². The molecule has 20 heavy (non-hydrogen) atoms. The van der Waals surface area contributed by atoms with Gasteiger partial charge in [-0.15, -0.1) is 0 Å². The van der Waals surface area contributed by atoms with Crippen LogP contribution in [0.2, 0.25) is 0 Å². The minimum absolute atomic E-state index is 0.120. The van der Waals surface area contributed by atoms with Crippen molar-refractivity contribution < 1.29 is 8.42 Å². The molecule has 120 valence electrons. The van der Waals surface area contributed by atoms with Crippen molar-refractivity contribution in [1.82, 2.24) is 10.2 Å². The maximum absolute atomic E-state index is 11.8. The number of sulfone groups is 1. The van der Waals surface area contributed by atoms with Crippen LogP contribution in [0, 0.1) is 5.92 Å². The summed E-state index contributed by atoms with van der Waals surface area (Å²) in [6.07, 6.45) is 6.40. The SMILES string of the molecule is CCN(CC)CCC(NC)C1CCCC(S(C)(=O)=O)C1. The first-order chi connectivity index (χ1) is 9.42. The van der Waals surface area contributed by atoms with Gasteiger partial charge in [0.25, 0.3) is 0 Å². The predicted molar refractivity (Wildman–Crippen MR) is 85.8 cm³/mol. The largest absolute Gasteiger partial charge is 0.317 e. The first-order valence-electron chi connectivity index (χ1n) is 8.00. The average molecular weight is 305 g/mol. The Kier molecular flexibility index (Phi) is 7.48. The van der Waals surface area contributed by atoms with E-state index in [1.165, 1.54) is 6.26 Å². The van der Waals surface area contributed by atoms with Crippen molar-refractivity contribution in [2.75, 3.05) is 32.9 Å². The molecule has 0 bridgehead atoms. The summed E-state index contributed by atoms with van der Waals surface area (Å²) >= 11 is 0. The van der Waals surface area contributed by atoms with E-state index < -0.39 is 9.84 Å². The fourth-order valence-electron chi connectivity index (χ4n) is 3.41. The Morgan fingerprint density at radius 3 is 2.40 bits per heavy atom. The van der Waals surface area contributed by atoms with Gasteiger partial charge >= 0.3 is 0 Å². The molecule has 1 aliphatic carbocycles. The Bertz CT molecular complexity index is 366. The summed E-state index contributed by atoms with van der Waals surface area (Å²) < 4.78 is 23.5. The highest BCUT2D eigenvalue weighted by molar-refractivity contribution is 7.91. The molecule has 0 aromatic heterocycles. The smallest absolute Gasteiger partial charge is 0.150 e. The summed E-state index contributed by atoms with van der Waals surface area (Å²) in [5.74, 6) is 0.504. The van der Waals surface area contributed by atoms with Crippen molar-refractivity contribution in [3.63, 3.8) is 0 Å². The minimum Gasteiger partial charge on any atom is -0.317 e. The lowest BCUT2D eigenvalue weighted by molar-refractivity contribution is 0.228. The van der Waals surface area contributed by atoms with Crippen LogP contribution in [0.1, 0.15) is 46.0 Å². The summed E-state index contributed by atoms with van der Waals surface area (Å²) in [5.41, 5.74) is 0. The molecule has 0 amide bonds. The molecule has 0 saturated heterocycles. The molecule has 0 aliphatic heterocycles. The van der Waals surface area contributed by atoms with E-state index in [-0.39, 0.29) is 5.25 Å². The summed E-state index contributed by atoms with van der Waals surface area (Å²) in [7, 11) is -0.868. The zero-order valence-corrected chi connectivity index (χ0v) is 14.4. The normalized spacial score (nSPS) is 25.9. The van der Waals surface area contributed by atoms with E-state index in [9.17, 15) is 8.42 Å². The molecule has 1 fully saturated rings. The fraction of sp³-hybridized carbons (Fsp3) is 1.00. The number of hydrogen-bond acceptors (Lipinski definition) is 4. The van der Waals surface area contributed by atoms with Crippen LogP contribution in [0.15, 0.2) is 0 Å². The maximum Gasteiger partial charge on any atom is 0.150 e. The quantitative estimate of drug-likeness (QED) is 0.744. The van der Waals surface area contributed by atoms with Gasteiger partial charge in [-0.3, -0.25) is 0 Å². The van der Waals surface area contributed by atoms with Crippen LogP contribution in [0.5, 0.6) is 0 Å². The minimum atomic E-state index is -2.88. The lowest BCUT2D eigenvalue weighted by Gasteiger charge is -2.34. The summed E-state index contributed by atoms with van der Waals surface area (Å²) in [6, 6.07) is 0.445. The van der Waals surface area contributed by atoms with E-state index in [4.69, 9.17) is 0 Å². The van der Waals surface area contributed by atoms with Crippen LogP contribution >= 0.6 is 0 Å². The van der Waals surface area contributed by atoms with Gasteiger partial charge in [-0.1, -0.05) is 20.3 Å². The Balaban J connectivity index is 2.56. The summed E-state index contributed by atoms with van der Waals surface area (Å²) in [5, 5.41) is 3.31. The molecule has 1 rings (SSSR count). The molecule has 0 radical (unpaired) electrons. The van der Waals surface area contributed by atoms with Gasteiger partial charge < -0.3 is 10.2 Å². The molecule has 0 heterocycles. The molecule has 1 N–H and O–H groups in total. The van der Waals surface area contributed by atoms with Crippen LogP contribution in [0.3, 0.4) is 0 Å². The molecule has 1 saturated carbocycles. The number of nitrogens with zero attached hydrogens (tertiary/aromatic N) is 1. The molecular weight excluding hydrogens is 272 g/mol. The third-order valence-corrected chi connectivity index (χ3v) is 6.50. The summed E-state index contributed by atoms with van der Waals surface area (Å²) in [6.45, 7) is 7.65. The predicted octanol–water partition coefficient (Wildman–Crippen LogP) is 1.91. The molecule has 0 aromatic carbocycles. The molecule has 0 aromatic rings. The van der Waals surface area contributed by atoms with Gasteiger partial charge in [0.2, 0.25) is 0 Å². The second kappa shape index (κ2) is 8.35. The molecule has 3 atom stereocenters. The Labute approximate surface area is 125 Å². The second-order valence-corrected chi connectivity index (χ2v) is 8.41. The van der Waals surface area contributed by atoms with Crippen molar-refractivity contribution in [1.29, 1.82) is 0 Å². The molecule has 3 unspecified atom stereocenters. The van der Waals surface area contributed by atoms with E-state index >= 15 is 0 Å². The van der Waals surface area contributed by atoms with Crippen molar-refractivity contribution in [3.8, 4) is 0 Å². The topological polar surface area (TPSA) is 49.4 Å². The molecule has 0 spiro atoms. The van der Waals surface area contributed by atoms with Crippen LogP contribution in [-0.2, 0) is 9.84 Å². The van der Waals surface area contributed by atoms with Crippen molar-refractivity contribution in [2.45, 2.75) is 57.2 Å². The Hall–Kier alpha value is -0.130. The van der Waals surface area contributed by atoms with Gasteiger partial charge in [0.1, 0.15) is 9.84 Å². The Morgan fingerprint density at radius 2 is 1.90 bits per heavy atom. The van der Waals surface area contributed by atoms with Crippen LogP contribution in [-0.4, -0.2) is 57.5 Å². The summed E-state index contributed by atoms with van der Waals surface area (Å²) in [4.78, 5) is 2.43. The van der Waals surface area contributed by atoms with E-state index in [1.807, 2.05) is 7.05 Å². The first kappa shape index (κ1) is 17.9. The third-order valence-electron chi connectivity index (χ3n) is 4.86. The highest BCUT2D eigenvalue weighted by Crippen LogP contribution is 2.31. The lowest BCUT2D eigenvalue weighted by Crippen LogP contribution is -2.41. The van der Waals surface area contributed by atoms with Gasteiger partial charge in [-0.05, 0) is 58.3 Å². The standard InChI is InChI=1S/C15H32N2O2S/c1-5-17(6-2)11-10-15(16-3)13-8-7-9-14(12-13)20(4,18)19/h13-16H,5-12H2,1-4H3. The lowest BCUT2D eigenvalue weighted by atomic mass is 9.82. The number of rotatable bonds is 8. The zero-order chi connectivity index (χ0) is 15.2. The number of hydrogen-bond donors (Lipinski definition) is 1. The first-order valence-corrected chi connectivity index (χ1v) is 9.96. The van der Waals surface area contributed by atoms with Gasteiger partial charge in [0.05, 0.1) is 5.25 Å². The maximum atomic E-state index is 11.8. The van der Waals surface area contributed by atoms with Crippen LogP contribution < -0.4 is 5.32 Å². The molecule has 5 heteroatoms. The highest BCUT2D eigenvalue weighted by atomic mass is 32.2. The average Bonchev–Trinajstić information content (AvgIpc) is 2.43.